The summed E-state index contributed by atoms with van der Waals surface area (Å²) in [6.45, 7) is 3.74. The molecule has 120 valence electrons. The number of thiophene rings is 1. The van der Waals surface area contributed by atoms with Crippen LogP contribution >= 0.6 is 11.3 Å². The Morgan fingerprint density at radius 3 is 2.55 bits per heavy atom. The fourth-order valence-electron chi connectivity index (χ4n) is 2.55. The van der Waals surface area contributed by atoms with Crippen LogP contribution in [0.4, 0.5) is 0 Å². The van der Waals surface area contributed by atoms with E-state index >= 15 is 0 Å². The van der Waals surface area contributed by atoms with Gasteiger partial charge in [0.25, 0.3) is 0 Å². The molecule has 3 heteroatoms. The average molecular weight is 317 g/mol. The number of hydrogen-bond acceptors (Lipinski definition) is 3. The van der Waals surface area contributed by atoms with Gasteiger partial charge in [0.15, 0.2) is 0 Å². The molecule has 0 aliphatic rings. The summed E-state index contributed by atoms with van der Waals surface area (Å²) in [5.41, 5.74) is 7.25. The molecule has 0 fully saturated rings. The predicted molar refractivity (Wildman–Crippen MR) is 95.9 cm³/mol. The molecule has 0 radical (unpaired) electrons. The summed E-state index contributed by atoms with van der Waals surface area (Å²) in [6.07, 6.45) is 5.96. The molecule has 22 heavy (non-hydrogen) atoms. The van der Waals surface area contributed by atoms with E-state index in [0.717, 1.165) is 25.2 Å². The third-order valence-corrected chi connectivity index (χ3v) is 4.94. The number of unbranched alkanes of at least 4 members (excludes halogenated alkanes) is 3. The zero-order chi connectivity index (χ0) is 15.6. The van der Waals surface area contributed by atoms with Gasteiger partial charge < -0.3 is 10.5 Å². The molecule has 2 rings (SSSR count). The van der Waals surface area contributed by atoms with Crippen LogP contribution in [0.5, 0.6) is 5.75 Å². The van der Waals surface area contributed by atoms with Crippen molar-refractivity contribution in [3.05, 3.63) is 52.2 Å². The maximum atomic E-state index is 5.93. The van der Waals surface area contributed by atoms with E-state index in [1.165, 1.54) is 29.7 Å². The summed E-state index contributed by atoms with van der Waals surface area (Å²) < 4.78 is 5.79. The zero-order valence-corrected chi connectivity index (χ0v) is 14.3. The van der Waals surface area contributed by atoms with Crippen LogP contribution in [-0.4, -0.2) is 13.2 Å². The van der Waals surface area contributed by atoms with Gasteiger partial charge in [0, 0.05) is 17.3 Å². The second kappa shape index (κ2) is 9.65. The summed E-state index contributed by atoms with van der Waals surface area (Å²) in [5, 5.41) is 2.12. The van der Waals surface area contributed by atoms with Gasteiger partial charge in [-0.2, -0.15) is 0 Å². The Hall–Kier alpha value is -1.32. The molecule has 0 bridgehead atoms. The van der Waals surface area contributed by atoms with Gasteiger partial charge in [0.05, 0.1) is 6.61 Å². The number of benzene rings is 1. The Kier molecular flexibility index (Phi) is 7.47. The van der Waals surface area contributed by atoms with Crippen molar-refractivity contribution in [2.45, 2.75) is 44.9 Å². The molecule has 1 aromatic carbocycles. The first-order chi connectivity index (χ1) is 10.8. The highest BCUT2D eigenvalue weighted by molar-refractivity contribution is 7.10. The third kappa shape index (κ3) is 5.47. The Labute approximate surface area is 138 Å². The first-order valence-corrected chi connectivity index (χ1v) is 9.16. The second-order valence-electron chi connectivity index (χ2n) is 5.71. The van der Waals surface area contributed by atoms with E-state index in [9.17, 15) is 0 Å². The van der Waals surface area contributed by atoms with E-state index in [1.54, 1.807) is 11.3 Å². The van der Waals surface area contributed by atoms with Crippen molar-refractivity contribution in [1.82, 2.24) is 0 Å². The maximum Gasteiger partial charge on any atom is 0.119 e. The van der Waals surface area contributed by atoms with Crippen molar-refractivity contribution in [2.24, 2.45) is 5.73 Å². The topological polar surface area (TPSA) is 35.2 Å². The standard InChI is InChI=1S/C19H27NOS/c1-2-3-4-5-12-21-18-10-8-16(9-11-18)14-17(15-20)19-7-6-13-22-19/h6-11,13,17H,2-5,12,14-15,20H2,1H3. The minimum Gasteiger partial charge on any atom is -0.494 e. The minimum absolute atomic E-state index is 0.417. The monoisotopic (exact) mass is 317 g/mol. The lowest BCUT2D eigenvalue weighted by atomic mass is 9.98. The molecule has 0 spiro atoms. The Bertz CT molecular complexity index is 507. The van der Waals surface area contributed by atoms with E-state index in [4.69, 9.17) is 10.5 Å². The summed E-state index contributed by atoms with van der Waals surface area (Å²) in [6, 6.07) is 12.8. The lowest BCUT2D eigenvalue weighted by molar-refractivity contribution is 0.305. The predicted octanol–water partition coefficient (Wildman–Crippen LogP) is 4.99. The van der Waals surface area contributed by atoms with Crippen LogP contribution in [-0.2, 0) is 6.42 Å². The highest BCUT2D eigenvalue weighted by Gasteiger charge is 2.11. The van der Waals surface area contributed by atoms with Crippen LogP contribution in [0.2, 0.25) is 0 Å². The average Bonchev–Trinajstić information content (AvgIpc) is 3.08. The number of hydrogen-bond donors (Lipinski definition) is 1. The molecule has 2 aromatic rings. The van der Waals surface area contributed by atoms with Gasteiger partial charge in [0.1, 0.15) is 5.75 Å². The van der Waals surface area contributed by atoms with Crippen molar-refractivity contribution >= 4 is 11.3 Å². The van der Waals surface area contributed by atoms with Gasteiger partial charge in [-0.3, -0.25) is 0 Å². The second-order valence-corrected chi connectivity index (χ2v) is 6.68. The van der Waals surface area contributed by atoms with Crippen LogP contribution in [0.1, 0.15) is 49.0 Å². The minimum atomic E-state index is 0.417. The lowest BCUT2D eigenvalue weighted by Gasteiger charge is -2.13. The largest absolute Gasteiger partial charge is 0.494 e. The molecule has 1 atom stereocenters. The Balaban J connectivity index is 1.81. The number of rotatable bonds is 10. The van der Waals surface area contributed by atoms with Crippen LogP contribution in [0.3, 0.4) is 0 Å². The van der Waals surface area contributed by atoms with Crippen molar-refractivity contribution in [2.75, 3.05) is 13.2 Å². The molecule has 2 N–H and O–H groups in total. The number of ether oxygens (including phenoxy) is 1. The molecule has 2 nitrogen and oxygen atoms in total. The molecule has 0 amide bonds. The molecule has 0 aliphatic carbocycles. The highest BCUT2D eigenvalue weighted by Crippen LogP contribution is 2.25. The molecule has 0 aliphatic heterocycles. The van der Waals surface area contributed by atoms with E-state index in [-0.39, 0.29) is 0 Å². The van der Waals surface area contributed by atoms with E-state index in [0.29, 0.717) is 12.5 Å². The van der Waals surface area contributed by atoms with E-state index in [2.05, 4.69) is 48.7 Å². The molecular weight excluding hydrogens is 290 g/mol. The van der Waals surface area contributed by atoms with Crippen LogP contribution in [0.15, 0.2) is 41.8 Å². The molecule has 1 aromatic heterocycles. The first kappa shape index (κ1) is 17.0. The fourth-order valence-corrected chi connectivity index (χ4v) is 3.39. The van der Waals surface area contributed by atoms with Crippen molar-refractivity contribution < 1.29 is 4.74 Å². The van der Waals surface area contributed by atoms with Crippen molar-refractivity contribution in [3.63, 3.8) is 0 Å². The van der Waals surface area contributed by atoms with Crippen LogP contribution in [0.25, 0.3) is 0 Å². The quantitative estimate of drug-likeness (QED) is 0.626. The lowest BCUT2D eigenvalue weighted by Crippen LogP contribution is -2.13. The van der Waals surface area contributed by atoms with Crippen molar-refractivity contribution in [1.29, 1.82) is 0 Å². The normalized spacial score (nSPS) is 12.3. The van der Waals surface area contributed by atoms with E-state index in [1.807, 2.05) is 0 Å². The zero-order valence-electron chi connectivity index (χ0n) is 13.5. The van der Waals surface area contributed by atoms with Gasteiger partial charge in [-0.1, -0.05) is 44.4 Å². The third-order valence-electron chi connectivity index (χ3n) is 3.90. The van der Waals surface area contributed by atoms with Gasteiger partial charge in [-0.25, -0.2) is 0 Å². The summed E-state index contributed by atoms with van der Waals surface area (Å²) >= 11 is 1.79. The van der Waals surface area contributed by atoms with Crippen LogP contribution < -0.4 is 10.5 Å². The maximum absolute atomic E-state index is 5.93. The summed E-state index contributed by atoms with van der Waals surface area (Å²) in [7, 11) is 0. The fraction of sp³-hybridized carbons (Fsp3) is 0.474. The first-order valence-electron chi connectivity index (χ1n) is 8.28. The Morgan fingerprint density at radius 2 is 1.91 bits per heavy atom. The molecule has 0 saturated heterocycles. The van der Waals surface area contributed by atoms with Crippen LogP contribution in [0, 0.1) is 0 Å². The Morgan fingerprint density at radius 1 is 1.09 bits per heavy atom. The molecule has 0 saturated carbocycles. The van der Waals surface area contributed by atoms with Gasteiger partial charge in [-0.05, 0) is 42.0 Å². The molecule has 1 unspecified atom stereocenters. The highest BCUT2D eigenvalue weighted by atomic mass is 32.1. The SMILES string of the molecule is CCCCCCOc1ccc(CC(CN)c2cccs2)cc1. The smallest absolute Gasteiger partial charge is 0.119 e. The van der Waals surface area contributed by atoms with E-state index < -0.39 is 0 Å². The van der Waals surface area contributed by atoms with Gasteiger partial charge in [0.2, 0.25) is 0 Å². The summed E-state index contributed by atoms with van der Waals surface area (Å²) in [5.74, 6) is 1.39. The van der Waals surface area contributed by atoms with Gasteiger partial charge in [-0.15, -0.1) is 11.3 Å². The summed E-state index contributed by atoms with van der Waals surface area (Å²) in [4.78, 5) is 1.37. The molecule has 1 heterocycles. The van der Waals surface area contributed by atoms with Crippen molar-refractivity contribution in [3.8, 4) is 5.75 Å². The van der Waals surface area contributed by atoms with Gasteiger partial charge >= 0.3 is 0 Å². The number of nitrogens with two attached hydrogens (primary N) is 1. The molecular formula is C19H27NOS.